The average Bonchev–Trinajstić information content (AvgIpc) is 2.91. The van der Waals surface area contributed by atoms with Gasteiger partial charge in [-0.2, -0.15) is 0 Å². The highest BCUT2D eigenvalue weighted by molar-refractivity contribution is 8.00. The summed E-state index contributed by atoms with van der Waals surface area (Å²) in [5.41, 5.74) is 10.4. The fourth-order valence-corrected chi connectivity index (χ4v) is 4.22. The molecule has 0 spiro atoms. The van der Waals surface area contributed by atoms with Crippen LogP contribution in [0.3, 0.4) is 0 Å². The second-order valence-corrected chi connectivity index (χ2v) is 6.93. The summed E-state index contributed by atoms with van der Waals surface area (Å²) in [5.74, 6) is 0.941. The number of methoxy groups -OCH3 is 1. The highest BCUT2D eigenvalue weighted by Crippen LogP contribution is 2.38. The van der Waals surface area contributed by atoms with Crippen LogP contribution in [0.25, 0.3) is 0 Å². The van der Waals surface area contributed by atoms with Crippen LogP contribution >= 0.6 is 11.8 Å². The van der Waals surface area contributed by atoms with Crippen LogP contribution in [0, 0.1) is 6.92 Å². The molecule has 3 heteroatoms. The summed E-state index contributed by atoms with van der Waals surface area (Å²) < 4.78 is 5.46. The minimum atomic E-state index is 0.137. The van der Waals surface area contributed by atoms with E-state index in [1.54, 1.807) is 7.11 Å². The van der Waals surface area contributed by atoms with Gasteiger partial charge in [0.05, 0.1) is 7.11 Å². The third-order valence-electron chi connectivity index (χ3n) is 4.04. The average molecular weight is 299 g/mol. The second-order valence-electron chi connectivity index (χ2n) is 5.65. The van der Waals surface area contributed by atoms with E-state index in [4.69, 9.17) is 10.5 Å². The van der Waals surface area contributed by atoms with E-state index in [0.717, 1.165) is 18.6 Å². The molecule has 2 aromatic carbocycles. The predicted octanol–water partition coefficient (Wildman–Crippen LogP) is 3.59. The van der Waals surface area contributed by atoms with Crippen LogP contribution in [0.15, 0.2) is 47.4 Å². The lowest BCUT2D eigenvalue weighted by atomic mass is 9.98. The Hall–Kier alpha value is -1.45. The summed E-state index contributed by atoms with van der Waals surface area (Å²) >= 11 is 1.92. The Labute approximate surface area is 130 Å². The first-order chi connectivity index (χ1) is 10.2. The number of ether oxygens (including phenoxy) is 1. The lowest BCUT2D eigenvalue weighted by molar-refractivity contribution is 0.407. The molecule has 0 aliphatic carbocycles. The molecule has 2 aromatic rings. The number of nitrogens with two attached hydrogens (primary N) is 1. The molecule has 2 N–H and O–H groups in total. The van der Waals surface area contributed by atoms with Crippen LogP contribution in [-0.2, 0) is 12.8 Å². The topological polar surface area (TPSA) is 35.2 Å². The number of hydrogen-bond acceptors (Lipinski definition) is 3. The molecule has 0 aromatic heterocycles. The van der Waals surface area contributed by atoms with Gasteiger partial charge in [0.15, 0.2) is 0 Å². The molecule has 1 heterocycles. The Morgan fingerprint density at radius 1 is 1.29 bits per heavy atom. The van der Waals surface area contributed by atoms with Gasteiger partial charge >= 0.3 is 0 Å². The SMILES string of the molecule is COc1ccc(C)cc1CC(N)C1Cc2ccccc2S1. The van der Waals surface area contributed by atoms with E-state index in [9.17, 15) is 0 Å². The highest BCUT2D eigenvalue weighted by atomic mass is 32.2. The highest BCUT2D eigenvalue weighted by Gasteiger charge is 2.27. The number of aryl methyl sites for hydroxylation is 1. The first kappa shape index (κ1) is 14.5. The van der Waals surface area contributed by atoms with E-state index in [2.05, 4.69) is 43.3 Å². The Kier molecular flexibility index (Phi) is 4.22. The van der Waals surface area contributed by atoms with Crippen molar-refractivity contribution < 1.29 is 4.74 Å². The van der Waals surface area contributed by atoms with E-state index >= 15 is 0 Å². The molecule has 0 radical (unpaired) electrons. The van der Waals surface area contributed by atoms with Crippen molar-refractivity contribution in [3.63, 3.8) is 0 Å². The maximum Gasteiger partial charge on any atom is 0.122 e. The van der Waals surface area contributed by atoms with Gasteiger partial charge in [-0.1, -0.05) is 35.9 Å². The quantitative estimate of drug-likeness (QED) is 0.937. The van der Waals surface area contributed by atoms with Gasteiger partial charge in [0.1, 0.15) is 5.75 Å². The van der Waals surface area contributed by atoms with Gasteiger partial charge < -0.3 is 10.5 Å². The van der Waals surface area contributed by atoms with E-state index in [0.29, 0.717) is 5.25 Å². The van der Waals surface area contributed by atoms with Gasteiger partial charge in [0, 0.05) is 16.2 Å². The summed E-state index contributed by atoms with van der Waals surface area (Å²) in [6, 6.07) is 15.0. The summed E-state index contributed by atoms with van der Waals surface area (Å²) in [5, 5.41) is 0.451. The summed E-state index contributed by atoms with van der Waals surface area (Å²) in [7, 11) is 1.72. The fraction of sp³-hybridized carbons (Fsp3) is 0.333. The van der Waals surface area contributed by atoms with Crippen LogP contribution in [0.2, 0.25) is 0 Å². The van der Waals surface area contributed by atoms with Gasteiger partial charge in [-0.15, -0.1) is 11.8 Å². The summed E-state index contributed by atoms with van der Waals surface area (Å²) in [6.07, 6.45) is 1.92. The minimum absolute atomic E-state index is 0.137. The standard InChI is InChI=1S/C18H21NOS/c1-12-7-8-16(20-2)14(9-12)10-15(19)18-11-13-5-3-4-6-17(13)21-18/h3-9,15,18H,10-11,19H2,1-2H3. The predicted molar refractivity (Wildman–Crippen MR) is 89.2 cm³/mol. The van der Waals surface area contributed by atoms with Gasteiger partial charge in [-0.25, -0.2) is 0 Å². The number of rotatable bonds is 4. The zero-order chi connectivity index (χ0) is 14.8. The molecule has 0 saturated carbocycles. The number of fused-ring (bicyclic) bond motifs is 1. The third-order valence-corrected chi connectivity index (χ3v) is 5.51. The molecule has 1 aliphatic rings. The van der Waals surface area contributed by atoms with Crippen molar-refractivity contribution >= 4 is 11.8 Å². The first-order valence-corrected chi connectivity index (χ1v) is 8.19. The molecule has 0 amide bonds. The molecule has 3 rings (SSSR count). The molecule has 0 saturated heterocycles. The molecule has 110 valence electrons. The molecule has 2 atom stereocenters. The molecule has 2 nitrogen and oxygen atoms in total. The van der Waals surface area contributed by atoms with E-state index in [-0.39, 0.29) is 6.04 Å². The molecular formula is C18H21NOS. The Morgan fingerprint density at radius 2 is 2.10 bits per heavy atom. The molecule has 1 aliphatic heterocycles. The van der Waals surface area contributed by atoms with Crippen LogP contribution in [0.5, 0.6) is 5.75 Å². The Morgan fingerprint density at radius 3 is 2.86 bits per heavy atom. The molecule has 0 fully saturated rings. The number of benzene rings is 2. The zero-order valence-electron chi connectivity index (χ0n) is 12.5. The zero-order valence-corrected chi connectivity index (χ0v) is 13.3. The minimum Gasteiger partial charge on any atom is -0.496 e. The maximum absolute atomic E-state index is 6.49. The van der Waals surface area contributed by atoms with E-state index in [1.807, 2.05) is 17.8 Å². The largest absolute Gasteiger partial charge is 0.496 e. The lowest BCUT2D eigenvalue weighted by Crippen LogP contribution is -2.34. The smallest absolute Gasteiger partial charge is 0.122 e. The van der Waals surface area contributed by atoms with E-state index in [1.165, 1.54) is 21.6 Å². The van der Waals surface area contributed by atoms with Gasteiger partial charge in [-0.3, -0.25) is 0 Å². The molecule has 21 heavy (non-hydrogen) atoms. The van der Waals surface area contributed by atoms with Gasteiger partial charge in [0.25, 0.3) is 0 Å². The van der Waals surface area contributed by atoms with Crippen molar-refractivity contribution in [2.45, 2.75) is 36.0 Å². The first-order valence-electron chi connectivity index (χ1n) is 7.31. The van der Waals surface area contributed by atoms with Crippen molar-refractivity contribution in [3.8, 4) is 5.75 Å². The van der Waals surface area contributed by atoms with Crippen molar-refractivity contribution in [2.75, 3.05) is 7.11 Å². The van der Waals surface area contributed by atoms with Crippen LogP contribution in [0.1, 0.15) is 16.7 Å². The molecular weight excluding hydrogens is 278 g/mol. The van der Waals surface area contributed by atoms with Crippen molar-refractivity contribution in [1.29, 1.82) is 0 Å². The van der Waals surface area contributed by atoms with Crippen molar-refractivity contribution in [2.24, 2.45) is 5.73 Å². The lowest BCUT2D eigenvalue weighted by Gasteiger charge is -2.20. The van der Waals surface area contributed by atoms with Gasteiger partial charge in [0.2, 0.25) is 0 Å². The Bertz CT molecular complexity index is 616. The summed E-state index contributed by atoms with van der Waals surface area (Å²) in [4.78, 5) is 1.38. The monoisotopic (exact) mass is 299 g/mol. The normalized spacial score (nSPS) is 18.3. The van der Waals surface area contributed by atoms with Gasteiger partial charge in [-0.05, 0) is 43.0 Å². The van der Waals surface area contributed by atoms with Crippen molar-refractivity contribution in [1.82, 2.24) is 0 Å². The molecule has 0 bridgehead atoms. The van der Waals surface area contributed by atoms with Crippen molar-refractivity contribution in [3.05, 3.63) is 59.2 Å². The van der Waals surface area contributed by atoms with E-state index < -0.39 is 0 Å². The number of thioether (sulfide) groups is 1. The maximum atomic E-state index is 6.49. The molecule has 2 unspecified atom stereocenters. The Balaban J connectivity index is 1.73. The van der Waals surface area contributed by atoms with Crippen LogP contribution in [-0.4, -0.2) is 18.4 Å². The fourth-order valence-electron chi connectivity index (χ4n) is 2.90. The summed E-state index contributed by atoms with van der Waals surface area (Å²) in [6.45, 7) is 2.11. The van der Waals surface area contributed by atoms with Crippen LogP contribution in [0.4, 0.5) is 0 Å². The van der Waals surface area contributed by atoms with Crippen LogP contribution < -0.4 is 10.5 Å². The number of hydrogen-bond donors (Lipinski definition) is 1. The second kappa shape index (κ2) is 6.12. The third kappa shape index (κ3) is 3.09.